The van der Waals surface area contributed by atoms with Crippen LogP contribution in [0.1, 0.15) is 0 Å². The number of hydrogen-bond donors (Lipinski definition) is 0. The first-order chi connectivity index (χ1) is 21.3. The lowest BCUT2D eigenvalue weighted by Gasteiger charge is -2.29. The molecule has 2 aromatic heterocycles. The van der Waals surface area contributed by atoms with Crippen LogP contribution in [0.2, 0.25) is 0 Å². The Bertz CT molecular complexity index is 2460. The molecule has 0 aliphatic rings. The summed E-state index contributed by atoms with van der Waals surface area (Å²) in [5, 5.41) is 7.17. The van der Waals surface area contributed by atoms with Crippen molar-refractivity contribution >= 4 is 81.3 Å². The van der Waals surface area contributed by atoms with E-state index in [0.29, 0.717) is 0 Å². The normalized spacial score (nSPS) is 11.7. The molecule has 0 atom stereocenters. The van der Waals surface area contributed by atoms with Crippen molar-refractivity contribution in [3.05, 3.63) is 152 Å². The molecule has 0 aliphatic carbocycles. The van der Waals surface area contributed by atoms with Crippen molar-refractivity contribution < 1.29 is 4.42 Å². The molecule has 0 fully saturated rings. The van der Waals surface area contributed by atoms with Gasteiger partial charge in [-0.2, -0.15) is 0 Å². The second-order valence-corrected chi connectivity index (χ2v) is 11.9. The predicted octanol–water partition coefficient (Wildman–Crippen LogP) is 12.2. The summed E-state index contributed by atoms with van der Waals surface area (Å²) in [5.41, 5.74) is 7.44. The van der Waals surface area contributed by atoms with E-state index in [0.717, 1.165) is 39.0 Å². The quantitative estimate of drug-likeness (QED) is 0.210. The summed E-state index contributed by atoms with van der Waals surface area (Å²) >= 11 is 1.86. The smallest absolute Gasteiger partial charge is 0.159 e. The van der Waals surface area contributed by atoms with Crippen molar-refractivity contribution in [1.82, 2.24) is 0 Å². The van der Waals surface area contributed by atoms with Gasteiger partial charge in [0.05, 0.1) is 21.8 Å². The van der Waals surface area contributed by atoms with Crippen LogP contribution in [0, 0.1) is 0 Å². The number of thiophene rings is 1. The summed E-state index contributed by atoms with van der Waals surface area (Å²) in [5.74, 6) is 0. The number of anilines is 3. The third kappa shape index (κ3) is 3.72. The van der Waals surface area contributed by atoms with Gasteiger partial charge in [0.2, 0.25) is 0 Å². The van der Waals surface area contributed by atoms with Crippen LogP contribution < -0.4 is 4.90 Å². The topological polar surface area (TPSA) is 16.4 Å². The Kier molecular flexibility index (Phi) is 5.40. The van der Waals surface area contributed by atoms with E-state index in [9.17, 15) is 0 Å². The minimum absolute atomic E-state index is 0.883. The van der Waals surface area contributed by atoms with Gasteiger partial charge >= 0.3 is 0 Å². The van der Waals surface area contributed by atoms with Crippen molar-refractivity contribution in [2.45, 2.75) is 0 Å². The van der Waals surface area contributed by atoms with Crippen LogP contribution in [0.3, 0.4) is 0 Å². The molecular formula is C40H25NOS. The lowest BCUT2D eigenvalue weighted by molar-refractivity contribution is 0.669. The second kappa shape index (κ2) is 9.59. The molecule has 0 saturated carbocycles. The molecule has 3 heteroatoms. The van der Waals surface area contributed by atoms with E-state index >= 15 is 0 Å². The SMILES string of the molecule is c1ccc(-c2ccc3c(sc4ccccc43)c2N(c2cccc3ccccc23)c2cccc3c2oc2ccccc23)cc1. The number of rotatable bonds is 4. The van der Waals surface area contributed by atoms with Gasteiger partial charge in [-0.3, -0.25) is 0 Å². The molecule has 0 unspecified atom stereocenters. The highest BCUT2D eigenvalue weighted by atomic mass is 32.1. The van der Waals surface area contributed by atoms with E-state index in [1.807, 2.05) is 17.4 Å². The molecule has 0 bridgehead atoms. The fourth-order valence-corrected chi connectivity index (χ4v) is 7.77. The van der Waals surface area contributed by atoms with Gasteiger partial charge in [0.15, 0.2) is 5.58 Å². The zero-order valence-corrected chi connectivity index (χ0v) is 24.0. The highest BCUT2D eigenvalue weighted by Gasteiger charge is 2.26. The number of nitrogens with zero attached hydrogens (tertiary/aromatic N) is 1. The first kappa shape index (κ1) is 24.2. The average Bonchev–Trinajstić information content (AvgIpc) is 3.65. The van der Waals surface area contributed by atoms with Crippen molar-refractivity contribution in [2.24, 2.45) is 0 Å². The van der Waals surface area contributed by atoms with Crippen molar-refractivity contribution in [1.29, 1.82) is 0 Å². The Hall–Kier alpha value is -5.38. The molecule has 0 aliphatic heterocycles. The molecule has 2 nitrogen and oxygen atoms in total. The molecule has 0 saturated heterocycles. The Labute approximate surface area is 252 Å². The van der Waals surface area contributed by atoms with E-state index in [4.69, 9.17) is 4.42 Å². The van der Waals surface area contributed by atoms with E-state index in [1.165, 1.54) is 42.1 Å². The predicted molar refractivity (Wildman–Crippen MR) is 184 cm³/mol. The molecule has 0 radical (unpaired) electrons. The molecule has 0 amide bonds. The molecular weight excluding hydrogens is 543 g/mol. The van der Waals surface area contributed by atoms with E-state index in [-0.39, 0.29) is 0 Å². The Morgan fingerprint density at radius 2 is 1.14 bits per heavy atom. The number of benzene rings is 7. The highest BCUT2D eigenvalue weighted by molar-refractivity contribution is 7.26. The molecule has 2 heterocycles. The zero-order valence-electron chi connectivity index (χ0n) is 23.2. The number of hydrogen-bond acceptors (Lipinski definition) is 3. The van der Waals surface area contributed by atoms with Gasteiger partial charge in [-0.1, -0.05) is 127 Å². The first-order valence-corrected chi connectivity index (χ1v) is 15.3. The van der Waals surface area contributed by atoms with Crippen LogP contribution in [0.25, 0.3) is 64.0 Å². The van der Waals surface area contributed by atoms with Crippen LogP contribution in [0.5, 0.6) is 0 Å². The first-order valence-electron chi connectivity index (χ1n) is 14.5. The monoisotopic (exact) mass is 567 g/mol. The molecule has 202 valence electrons. The summed E-state index contributed by atoms with van der Waals surface area (Å²) in [7, 11) is 0. The average molecular weight is 568 g/mol. The van der Waals surface area contributed by atoms with Crippen LogP contribution in [-0.4, -0.2) is 0 Å². The van der Waals surface area contributed by atoms with Gasteiger partial charge in [0.1, 0.15) is 5.58 Å². The lowest BCUT2D eigenvalue weighted by atomic mass is 9.98. The van der Waals surface area contributed by atoms with E-state index < -0.39 is 0 Å². The highest BCUT2D eigenvalue weighted by Crippen LogP contribution is 2.52. The minimum atomic E-state index is 0.883. The van der Waals surface area contributed by atoms with Crippen LogP contribution in [0.4, 0.5) is 17.1 Å². The van der Waals surface area contributed by atoms with E-state index in [1.54, 1.807) is 0 Å². The lowest BCUT2D eigenvalue weighted by Crippen LogP contribution is -2.12. The van der Waals surface area contributed by atoms with E-state index in [2.05, 4.69) is 150 Å². The maximum atomic E-state index is 6.70. The fourth-order valence-electron chi connectivity index (χ4n) is 6.53. The third-order valence-corrected chi connectivity index (χ3v) is 9.65. The Balaban J connectivity index is 1.48. The van der Waals surface area contributed by atoms with Gasteiger partial charge < -0.3 is 9.32 Å². The third-order valence-electron chi connectivity index (χ3n) is 8.46. The molecule has 7 aromatic carbocycles. The summed E-state index contributed by atoms with van der Waals surface area (Å²) in [4.78, 5) is 2.45. The molecule has 9 rings (SSSR count). The van der Waals surface area contributed by atoms with Crippen molar-refractivity contribution in [3.63, 3.8) is 0 Å². The molecule has 9 aromatic rings. The van der Waals surface area contributed by atoms with Gasteiger partial charge in [-0.15, -0.1) is 11.3 Å². The Morgan fingerprint density at radius 3 is 2.05 bits per heavy atom. The standard InChI is InChI=1S/C40H25NOS/c1-2-12-27(13-3-1)29-24-25-33-31-18-7-9-23-37(31)43-40(33)38(29)41(34-20-10-15-26-14-4-5-16-28(26)34)35-21-11-19-32-30-17-6-8-22-36(30)42-39(32)35/h1-25H. The molecule has 43 heavy (non-hydrogen) atoms. The summed E-state index contributed by atoms with van der Waals surface area (Å²) in [6.07, 6.45) is 0. The van der Waals surface area contributed by atoms with Gasteiger partial charge in [-0.05, 0) is 35.2 Å². The van der Waals surface area contributed by atoms with Crippen LogP contribution in [-0.2, 0) is 0 Å². The fraction of sp³-hybridized carbons (Fsp3) is 0. The summed E-state index contributed by atoms with van der Waals surface area (Å²) in [6.45, 7) is 0. The van der Waals surface area contributed by atoms with Crippen LogP contribution in [0.15, 0.2) is 156 Å². The zero-order chi connectivity index (χ0) is 28.3. The molecule has 0 spiro atoms. The Morgan fingerprint density at radius 1 is 0.465 bits per heavy atom. The van der Waals surface area contributed by atoms with Gasteiger partial charge in [-0.25, -0.2) is 0 Å². The number of furan rings is 1. The number of para-hydroxylation sites is 2. The van der Waals surface area contributed by atoms with Gasteiger partial charge in [0, 0.05) is 37.2 Å². The number of fused-ring (bicyclic) bond motifs is 7. The van der Waals surface area contributed by atoms with Crippen molar-refractivity contribution in [2.75, 3.05) is 4.90 Å². The summed E-state index contributed by atoms with van der Waals surface area (Å²) in [6, 6.07) is 54.2. The van der Waals surface area contributed by atoms with Crippen LogP contribution >= 0.6 is 11.3 Å². The maximum absolute atomic E-state index is 6.70. The second-order valence-electron chi connectivity index (χ2n) is 10.9. The summed E-state index contributed by atoms with van der Waals surface area (Å²) < 4.78 is 9.23. The minimum Gasteiger partial charge on any atom is -0.454 e. The van der Waals surface area contributed by atoms with Gasteiger partial charge in [0.25, 0.3) is 0 Å². The largest absolute Gasteiger partial charge is 0.454 e. The maximum Gasteiger partial charge on any atom is 0.159 e. The van der Waals surface area contributed by atoms with Crippen molar-refractivity contribution in [3.8, 4) is 11.1 Å². The molecule has 0 N–H and O–H groups in total.